The molecule has 1 aromatic heterocycles. The van der Waals surface area contributed by atoms with Gasteiger partial charge in [0.05, 0.1) is 24.7 Å². The maximum atomic E-state index is 13.1. The molecule has 0 aliphatic carbocycles. The highest BCUT2D eigenvalue weighted by molar-refractivity contribution is 7.89. The third kappa shape index (κ3) is 5.03. The average molecular weight is 466 g/mol. The highest BCUT2D eigenvalue weighted by Gasteiger charge is 2.31. The third-order valence-corrected chi connectivity index (χ3v) is 8.43. The number of amides is 1. The average Bonchev–Trinajstić information content (AvgIpc) is 3.22. The second kappa shape index (κ2) is 9.56. The molecule has 2 aliphatic heterocycles. The largest absolute Gasteiger partial charge is 0.490 e. The summed E-state index contributed by atoms with van der Waals surface area (Å²) in [6.07, 6.45) is 0.758. The summed E-state index contributed by atoms with van der Waals surface area (Å²) < 4.78 is 38.8. The minimum absolute atomic E-state index is 0.0176. The Labute approximate surface area is 186 Å². The van der Waals surface area contributed by atoms with E-state index in [2.05, 4.69) is 5.32 Å². The van der Waals surface area contributed by atoms with Crippen LogP contribution >= 0.6 is 11.3 Å². The van der Waals surface area contributed by atoms with E-state index in [0.29, 0.717) is 37.8 Å². The van der Waals surface area contributed by atoms with Gasteiger partial charge in [0.1, 0.15) is 0 Å². The van der Waals surface area contributed by atoms with E-state index < -0.39 is 10.0 Å². The minimum Gasteiger partial charge on any atom is -0.490 e. The first kappa shape index (κ1) is 22.1. The van der Waals surface area contributed by atoms with Crippen molar-refractivity contribution in [2.24, 2.45) is 0 Å². The fourth-order valence-electron chi connectivity index (χ4n) is 3.62. The molecular weight excluding hydrogens is 438 g/mol. The number of hydrogen-bond donors (Lipinski definition) is 1. The van der Waals surface area contributed by atoms with Crippen molar-refractivity contribution in [1.29, 1.82) is 0 Å². The van der Waals surface area contributed by atoms with Crippen LogP contribution in [0, 0.1) is 0 Å². The summed E-state index contributed by atoms with van der Waals surface area (Å²) in [5.41, 5.74) is 0. The van der Waals surface area contributed by atoms with Crippen LogP contribution < -0.4 is 14.8 Å². The van der Waals surface area contributed by atoms with Crippen molar-refractivity contribution in [3.63, 3.8) is 0 Å². The Hall–Kier alpha value is -2.14. The molecular formula is C21H27N3O5S2. The second-order valence-electron chi connectivity index (χ2n) is 7.56. The Kier molecular flexibility index (Phi) is 6.80. The van der Waals surface area contributed by atoms with Crippen molar-refractivity contribution in [1.82, 2.24) is 14.5 Å². The lowest BCUT2D eigenvalue weighted by molar-refractivity contribution is -0.131. The Balaban J connectivity index is 1.33. The molecule has 0 saturated carbocycles. The molecule has 168 valence electrons. The molecule has 2 aromatic rings. The molecule has 1 fully saturated rings. The predicted octanol–water partition coefficient (Wildman–Crippen LogP) is 2.09. The highest BCUT2D eigenvalue weighted by atomic mass is 32.2. The molecule has 1 unspecified atom stereocenters. The zero-order valence-corrected chi connectivity index (χ0v) is 19.1. The summed E-state index contributed by atoms with van der Waals surface area (Å²) in [4.78, 5) is 15.6. The van der Waals surface area contributed by atoms with E-state index >= 15 is 0 Å². The van der Waals surface area contributed by atoms with Gasteiger partial charge in [-0.15, -0.1) is 11.3 Å². The lowest BCUT2D eigenvalue weighted by atomic mass is 10.2. The molecule has 0 spiro atoms. The number of carbonyl (C=O) groups is 1. The fourth-order valence-corrected chi connectivity index (χ4v) is 5.82. The normalized spacial score (nSPS) is 18.4. The first-order chi connectivity index (χ1) is 14.9. The standard InChI is InChI=1S/C21H27N3O5S2/c1-16(20-4-2-13-30-20)22-15-21(25)23-7-9-24(10-8-23)31(26,27)17-5-6-18-19(14-17)29-12-3-11-28-18/h2,4-6,13-14,16,22H,3,7-12,15H2,1H3. The monoisotopic (exact) mass is 465 g/mol. The minimum atomic E-state index is -3.67. The number of nitrogens with one attached hydrogen (secondary N) is 1. The number of sulfonamides is 1. The van der Waals surface area contributed by atoms with E-state index in [1.54, 1.807) is 28.4 Å². The summed E-state index contributed by atoms with van der Waals surface area (Å²) in [5.74, 6) is 1.01. The van der Waals surface area contributed by atoms with E-state index in [9.17, 15) is 13.2 Å². The number of benzene rings is 1. The lowest BCUT2D eigenvalue weighted by Gasteiger charge is -2.34. The number of fused-ring (bicyclic) bond motifs is 1. The van der Waals surface area contributed by atoms with Crippen LogP contribution in [0.4, 0.5) is 0 Å². The highest BCUT2D eigenvalue weighted by Crippen LogP contribution is 2.33. The van der Waals surface area contributed by atoms with Gasteiger partial charge >= 0.3 is 0 Å². The molecule has 0 radical (unpaired) electrons. The van der Waals surface area contributed by atoms with Crippen molar-refractivity contribution in [3.05, 3.63) is 40.6 Å². The number of rotatable bonds is 6. The molecule has 1 amide bonds. The van der Waals surface area contributed by atoms with Crippen LogP contribution in [0.1, 0.15) is 24.3 Å². The van der Waals surface area contributed by atoms with E-state index in [4.69, 9.17) is 9.47 Å². The van der Waals surface area contributed by atoms with E-state index in [1.807, 2.05) is 24.4 Å². The molecule has 1 saturated heterocycles. The van der Waals surface area contributed by atoms with Gasteiger partial charge in [-0.1, -0.05) is 6.07 Å². The number of ether oxygens (including phenoxy) is 2. The Morgan fingerprint density at radius 3 is 2.58 bits per heavy atom. The van der Waals surface area contributed by atoms with Gasteiger partial charge in [-0.3, -0.25) is 4.79 Å². The van der Waals surface area contributed by atoms with Crippen LogP contribution in [0.3, 0.4) is 0 Å². The molecule has 3 heterocycles. The summed E-state index contributed by atoms with van der Waals surface area (Å²) in [7, 11) is -3.67. The van der Waals surface area contributed by atoms with Gasteiger partial charge in [0.15, 0.2) is 11.5 Å². The zero-order chi connectivity index (χ0) is 21.8. The maximum Gasteiger partial charge on any atom is 0.243 e. The van der Waals surface area contributed by atoms with Crippen molar-refractivity contribution >= 4 is 27.3 Å². The molecule has 0 bridgehead atoms. The van der Waals surface area contributed by atoms with Crippen LogP contribution in [0.5, 0.6) is 11.5 Å². The summed E-state index contributed by atoms with van der Waals surface area (Å²) in [6, 6.07) is 8.86. The van der Waals surface area contributed by atoms with Crippen LogP contribution in [-0.2, 0) is 14.8 Å². The first-order valence-electron chi connectivity index (χ1n) is 10.4. The van der Waals surface area contributed by atoms with Crippen molar-refractivity contribution < 1.29 is 22.7 Å². The molecule has 8 nitrogen and oxygen atoms in total. The lowest BCUT2D eigenvalue weighted by Crippen LogP contribution is -2.52. The van der Waals surface area contributed by atoms with Gasteiger partial charge in [0.25, 0.3) is 0 Å². The Bertz CT molecular complexity index is 1000. The molecule has 1 aromatic carbocycles. The smallest absolute Gasteiger partial charge is 0.243 e. The predicted molar refractivity (Wildman–Crippen MR) is 118 cm³/mol. The van der Waals surface area contributed by atoms with Gasteiger partial charge in [-0.05, 0) is 30.5 Å². The number of hydrogen-bond acceptors (Lipinski definition) is 7. The Morgan fingerprint density at radius 1 is 1.13 bits per heavy atom. The summed E-state index contributed by atoms with van der Waals surface area (Å²) >= 11 is 1.65. The number of carbonyl (C=O) groups excluding carboxylic acids is 1. The van der Waals surface area contributed by atoms with E-state index in [0.717, 1.165) is 6.42 Å². The van der Waals surface area contributed by atoms with Gasteiger partial charge < -0.3 is 19.7 Å². The van der Waals surface area contributed by atoms with Crippen LogP contribution in [0.25, 0.3) is 0 Å². The SMILES string of the molecule is CC(NCC(=O)N1CCN(S(=O)(=O)c2ccc3c(c2)OCCCO3)CC1)c1cccs1. The van der Waals surface area contributed by atoms with E-state index in [1.165, 1.54) is 15.2 Å². The summed E-state index contributed by atoms with van der Waals surface area (Å²) in [6.45, 7) is 4.58. The van der Waals surface area contributed by atoms with Gasteiger partial charge in [0.2, 0.25) is 15.9 Å². The van der Waals surface area contributed by atoms with E-state index in [-0.39, 0.29) is 36.5 Å². The Morgan fingerprint density at radius 2 is 1.87 bits per heavy atom. The number of nitrogens with zero attached hydrogens (tertiary/aromatic N) is 2. The zero-order valence-electron chi connectivity index (χ0n) is 17.5. The van der Waals surface area contributed by atoms with Gasteiger partial charge in [-0.25, -0.2) is 8.42 Å². The molecule has 10 heteroatoms. The number of piperazine rings is 1. The van der Waals surface area contributed by atoms with Gasteiger partial charge in [0, 0.05) is 49.6 Å². The van der Waals surface area contributed by atoms with Crippen molar-refractivity contribution in [3.8, 4) is 11.5 Å². The second-order valence-corrected chi connectivity index (χ2v) is 10.5. The number of thiophene rings is 1. The van der Waals surface area contributed by atoms with Crippen molar-refractivity contribution in [2.75, 3.05) is 45.9 Å². The fraction of sp³-hybridized carbons (Fsp3) is 0.476. The third-order valence-electron chi connectivity index (χ3n) is 5.48. The molecule has 2 aliphatic rings. The molecule has 1 N–H and O–H groups in total. The maximum absolute atomic E-state index is 13.1. The molecule has 4 rings (SSSR count). The quantitative estimate of drug-likeness (QED) is 0.703. The molecule has 31 heavy (non-hydrogen) atoms. The summed E-state index contributed by atoms with van der Waals surface area (Å²) in [5, 5.41) is 5.26. The van der Waals surface area contributed by atoms with Crippen molar-refractivity contribution in [2.45, 2.75) is 24.3 Å². The molecule has 1 atom stereocenters. The van der Waals surface area contributed by atoms with Crippen LogP contribution in [0.2, 0.25) is 0 Å². The topological polar surface area (TPSA) is 88.2 Å². The van der Waals surface area contributed by atoms with Gasteiger partial charge in [-0.2, -0.15) is 4.31 Å². The van der Waals surface area contributed by atoms with Crippen LogP contribution in [0.15, 0.2) is 40.6 Å². The van der Waals surface area contributed by atoms with Crippen LogP contribution in [-0.4, -0.2) is 69.5 Å². The first-order valence-corrected chi connectivity index (χ1v) is 12.7.